The van der Waals surface area contributed by atoms with Crippen molar-refractivity contribution in [2.45, 2.75) is 12.5 Å². The van der Waals surface area contributed by atoms with Gasteiger partial charge < -0.3 is 20.1 Å². The van der Waals surface area contributed by atoms with Gasteiger partial charge >= 0.3 is 0 Å². The lowest BCUT2D eigenvalue weighted by Gasteiger charge is -2.41. The van der Waals surface area contributed by atoms with Crippen molar-refractivity contribution in [2.75, 3.05) is 26.4 Å². The van der Waals surface area contributed by atoms with Gasteiger partial charge in [0.05, 0.1) is 31.3 Å². The Morgan fingerprint density at radius 3 is 1.73 bits per heavy atom. The molecular weight excluding hydrogens is 148 g/mol. The van der Waals surface area contributed by atoms with Gasteiger partial charge in [0, 0.05) is 6.61 Å². The van der Waals surface area contributed by atoms with Gasteiger partial charge in [-0.2, -0.15) is 0 Å². The van der Waals surface area contributed by atoms with Crippen LogP contribution in [-0.4, -0.2) is 47.9 Å². The maximum atomic E-state index is 8.91. The minimum absolute atomic E-state index is 0.178. The third-order valence-corrected chi connectivity index (χ3v) is 2.33. The lowest BCUT2D eigenvalue weighted by atomic mass is 9.81. The molecule has 4 heteroatoms. The summed E-state index contributed by atoms with van der Waals surface area (Å²) in [6, 6.07) is 0. The molecule has 1 unspecified atom stereocenters. The lowest BCUT2D eigenvalue weighted by molar-refractivity contribution is -0.171. The number of hydrogen-bond acceptors (Lipinski definition) is 4. The Labute approximate surface area is 65.4 Å². The topological polar surface area (TPSA) is 69.9 Å². The maximum Gasteiger partial charge on any atom is 0.0719 e. The van der Waals surface area contributed by atoms with E-state index in [4.69, 9.17) is 20.1 Å². The van der Waals surface area contributed by atoms with Gasteiger partial charge in [-0.05, 0) is 6.42 Å². The van der Waals surface area contributed by atoms with E-state index in [-0.39, 0.29) is 25.9 Å². The van der Waals surface area contributed by atoms with Crippen LogP contribution in [0.1, 0.15) is 6.42 Å². The van der Waals surface area contributed by atoms with E-state index >= 15 is 0 Å². The molecule has 0 aromatic carbocycles. The first-order valence-corrected chi connectivity index (χ1v) is 3.73. The minimum Gasteiger partial charge on any atom is -0.396 e. The van der Waals surface area contributed by atoms with Crippen molar-refractivity contribution in [3.8, 4) is 0 Å². The number of ether oxygens (including phenoxy) is 1. The molecule has 0 spiro atoms. The van der Waals surface area contributed by atoms with Crippen LogP contribution in [0.25, 0.3) is 0 Å². The number of rotatable bonds is 4. The Kier molecular flexibility index (Phi) is 2.84. The third kappa shape index (κ3) is 1.39. The molecule has 1 saturated heterocycles. The van der Waals surface area contributed by atoms with Gasteiger partial charge in [-0.3, -0.25) is 0 Å². The number of aliphatic hydroxyl groups is 3. The van der Waals surface area contributed by atoms with Gasteiger partial charge in [0.25, 0.3) is 0 Å². The fourth-order valence-corrected chi connectivity index (χ4v) is 1.17. The van der Waals surface area contributed by atoms with Crippen LogP contribution in [0, 0.1) is 5.41 Å². The molecule has 0 aromatic rings. The average Bonchev–Trinajstić information content (AvgIpc) is 1.97. The summed E-state index contributed by atoms with van der Waals surface area (Å²) in [5.41, 5.74) is -0.835. The van der Waals surface area contributed by atoms with Crippen molar-refractivity contribution in [1.29, 1.82) is 0 Å². The van der Waals surface area contributed by atoms with E-state index in [2.05, 4.69) is 0 Å². The molecular formula is C7H14O4. The quantitative estimate of drug-likeness (QED) is 0.482. The molecule has 0 saturated carbocycles. The van der Waals surface area contributed by atoms with Crippen LogP contribution < -0.4 is 0 Å². The van der Waals surface area contributed by atoms with E-state index < -0.39 is 5.41 Å². The van der Waals surface area contributed by atoms with Gasteiger partial charge in [-0.25, -0.2) is 0 Å². The number of hydrogen-bond donors (Lipinski definition) is 3. The van der Waals surface area contributed by atoms with E-state index in [0.717, 1.165) is 6.42 Å². The van der Waals surface area contributed by atoms with E-state index in [1.165, 1.54) is 0 Å². The summed E-state index contributed by atoms with van der Waals surface area (Å²) >= 11 is 0. The summed E-state index contributed by atoms with van der Waals surface area (Å²) < 4.78 is 5.09. The maximum absolute atomic E-state index is 8.91. The minimum atomic E-state index is -0.835. The van der Waals surface area contributed by atoms with E-state index in [9.17, 15) is 0 Å². The Morgan fingerprint density at radius 2 is 1.64 bits per heavy atom. The van der Waals surface area contributed by atoms with E-state index in [1.54, 1.807) is 0 Å². The first-order chi connectivity index (χ1) is 5.29. The predicted octanol–water partition coefficient (Wildman–Crippen LogP) is -1.26. The zero-order valence-electron chi connectivity index (χ0n) is 6.36. The highest BCUT2D eigenvalue weighted by Gasteiger charge is 2.42. The highest BCUT2D eigenvalue weighted by molar-refractivity contribution is 4.89. The van der Waals surface area contributed by atoms with Crippen LogP contribution in [0.3, 0.4) is 0 Å². The summed E-state index contributed by atoms with van der Waals surface area (Å²) in [4.78, 5) is 0. The fraction of sp³-hybridized carbons (Fsp3) is 1.00. The summed E-state index contributed by atoms with van der Waals surface area (Å²) in [7, 11) is 0. The van der Waals surface area contributed by atoms with Crippen LogP contribution >= 0.6 is 0 Å². The lowest BCUT2D eigenvalue weighted by Crippen LogP contribution is -2.51. The molecule has 0 bridgehead atoms. The second-order valence-electron chi connectivity index (χ2n) is 2.98. The highest BCUT2D eigenvalue weighted by Crippen LogP contribution is 2.31. The summed E-state index contributed by atoms with van der Waals surface area (Å²) in [6.07, 6.45) is 0.629. The molecule has 1 rings (SSSR count). The molecule has 1 atom stereocenters. The van der Waals surface area contributed by atoms with Crippen LogP contribution in [0.4, 0.5) is 0 Å². The second kappa shape index (κ2) is 3.49. The standard InChI is InChI=1S/C7H14O4/c8-3-7(4-9,5-10)6-1-2-11-6/h6,8-10H,1-5H2. The van der Waals surface area contributed by atoms with Crippen molar-refractivity contribution < 1.29 is 20.1 Å². The molecule has 4 nitrogen and oxygen atoms in total. The molecule has 1 aliphatic heterocycles. The molecule has 66 valence electrons. The first kappa shape index (κ1) is 8.93. The van der Waals surface area contributed by atoms with Gasteiger partial charge in [0.2, 0.25) is 0 Å². The molecule has 1 aliphatic rings. The van der Waals surface area contributed by atoms with Crippen molar-refractivity contribution in [2.24, 2.45) is 5.41 Å². The van der Waals surface area contributed by atoms with Crippen molar-refractivity contribution in [3.05, 3.63) is 0 Å². The highest BCUT2D eigenvalue weighted by atomic mass is 16.5. The monoisotopic (exact) mass is 162 g/mol. The molecule has 0 amide bonds. The third-order valence-electron chi connectivity index (χ3n) is 2.33. The Hall–Kier alpha value is -0.160. The molecule has 0 aliphatic carbocycles. The largest absolute Gasteiger partial charge is 0.396 e. The predicted molar refractivity (Wildman–Crippen MR) is 38.0 cm³/mol. The molecule has 1 fully saturated rings. The van der Waals surface area contributed by atoms with E-state index in [1.807, 2.05) is 0 Å². The Bertz CT molecular complexity index is 109. The van der Waals surface area contributed by atoms with Crippen molar-refractivity contribution >= 4 is 0 Å². The van der Waals surface area contributed by atoms with Gasteiger partial charge in [-0.1, -0.05) is 0 Å². The van der Waals surface area contributed by atoms with Crippen LogP contribution in [-0.2, 0) is 4.74 Å². The Balaban J connectivity index is 2.54. The van der Waals surface area contributed by atoms with Crippen LogP contribution in [0.2, 0.25) is 0 Å². The van der Waals surface area contributed by atoms with Gasteiger partial charge in [-0.15, -0.1) is 0 Å². The SMILES string of the molecule is OCC(CO)(CO)C1CCO1. The van der Waals surface area contributed by atoms with Crippen molar-refractivity contribution in [1.82, 2.24) is 0 Å². The fourth-order valence-electron chi connectivity index (χ4n) is 1.17. The number of aliphatic hydroxyl groups excluding tert-OH is 3. The first-order valence-electron chi connectivity index (χ1n) is 3.73. The van der Waals surface area contributed by atoms with Crippen LogP contribution in [0.5, 0.6) is 0 Å². The molecule has 0 aromatic heterocycles. The zero-order chi connectivity index (χ0) is 8.32. The molecule has 0 radical (unpaired) electrons. The summed E-state index contributed by atoms with van der Waals surface area (Å²) in [6.45, 7) is -0.0353. The second-order valence-corrected chi connectivity index (χ2v) is 2.98. The normalized spacial score (nSPS) is 24.8. The Morgan fingerprint density at radius 1 is 1.18 bits per heavy atom. The van der Waals surface area contributed by atoms with Gasteiger partial charge in [0.1, 0.15) is 0 Å². The van der Waals surface area contributed by atoms with Crippen molar-refractivity contribution in [3.63, 3.8) is 0 Å². The summed E-state index contributed by atoms with van der Waals surface area (Å²) in [5, 5.41) is 26.7. The summed E-state index contributed by atoms with van der Waals surface area (Å²) in [5.74, 6) is 0. The van der Waals surface area contributed by atoms with Gasteiger partial charge in [0.15, 0.2) is 0 Å². The van der Waals surface area contributed by atoms with Crippen LogP contribution in [0.15, 0.2) is 0 Å². The molecule has 1 heterocycles. The van der Waals surface area contributed by atoms with E-state index in [0.29, 0.717) is 6.61 Å². The average molecular weight is 162 g/mol. The zero-order valence-corrected chi connectivity index (χ0v) is 6.36. The smallest absolute Gasteiger partial charge is 0.0719 e. The molecule has 3 N–H and O–H groups in total. The molecule has 11 heavy (non-hydrogen) atoms.